The molecule has 1 aliphatic rings. The van der Waals surface area contributed by atoms with Crippen molar-refractivity contribution in [2.24, 2.45) is 5.92 Å². The van der Waals surface area contributed by atoms with E-state index in [9.17, 15) is 8.78 Å². The fourth-order valence-electron chi connectivity index (χ4n) is 2.80. The smallest absolute Gasteiger partial charge is 0.160 e. The van der Waals surface area contributed by atoms with Gasteiger partial charge in [0.15, 0.2) is 11.6 Å². The van der Waals surface area contributed by atoms with Crippen molar-refractivity contribution in [3.05, 3.63) is 34.4 Å². The highest BCUT2D eigenvalue weighted by Crippen LogP contribution is 2.37. The second-order valence-electron chi connectivity index (χ2n) is 5.35. The number of halogens is 4. The fraction of sp³-hybridized carbons (Fsp3) is 0.600. The van der Waals surface area contributed by atoms with E-state index in [0.29, 0.717) is 11.5 Å². The standard InChI is InChI=1S/C15H18Cl2F2/c16-12(7-10-5-3-1-2-4-6-10)11-8-14(18)15(19)9-13(11)17/h8-10,12H,1-7H2. The first-order chi connectivity index (χ1) is 9.08. The zero-order valence-electron chi connectivity index (χ0n) is 10.8. The molecule has 1 aromatic carbocycles. The maximum Gasteiger partial charge on any atom is 0.160 e. The van der Waals surface area contributed by atoms with Crippen LogP contribution in [0.25, 0.3) is 0 Å². The lowest BCUT2D eigenvalue weighted by Crippen LogP contribution is -2.04. The van der Waals surface area contributed by atoms with E-state index in [1.54, 1.807) is 0 Å². The van der Waals surface area contributed by atoms with Gasteiger partial charge in [0.25, 0.3) is 0 Å². The highest BCUT2D eigenvalue weighted by atomic mass is 35.5. The van der Waals surface area contributed by atoms with Gasteiger partial charge < -0.3 is 0 Å². The van der Waals surface area contributed by atoms with Crippen LogP contribution in [-0.4, -0.2) is 0 Å². The van der Waals surface area contributed by atoms with E-state index < -0.39 is 11.6 Å². The van der Waals surface area contributed by atoms with Crippen molar-refractivity contribution in [3.63, 3.8) is 0 Å². The summed E-state index contributed by atoms with van der Waals surface area (Å²) in [6.07, 6.45) is 8.17. The van der Waals surface area contributed by atoms with Gasteiger partial charge in [-0.2, -0.15) is 0 Å². The molecule has 19 heavy (non-hydrogen) atoms. The van der Waals surface area contributed by atoms with Crippen molar-refractivity contribution >= 4 is 23.2 Å². The minimum absolute atomic E-state index is 0.215. The summed E-state index contributed by atoms with van der Waals surface area (Å²) in [7, 11) is 0. The lowest BCUT2D eigenvalue weighted by molar-refractivity contribution is 0.422. The van der Waals surface area contributed by atoms with Crippen molar-refractivity contribution in [3.8, 4) is 0 Å². The summed E-state index contributed by atoms with van der Waals surface area (Å²) in [6.45, 7) is 0. The van der Waals surface area contributed by atoms with Crippen LogP contribution in [0, 0.1) is 17.6 Å². The Labute approximate surface area is 123 Å². The fourth-order valence-corrected chi connectivity index (χ4v) is 3.57. The number of rotatable bonds is 3. The van der Waals surface area contributed by atoms with E-state index in [1.807, 2.05) is 0 Å². The summed E-state index contributed by atoms with van der Waals surface area (Å²) in [5, 5.41) is -0.127. The van der Waals surface area contributed by atoms with Gasteiger partial charge >= 0.3 is 0 Å². The molecule has 0 saturated heterocycles. The number of benzene rings is 1. The zero-order valence-corrected chi connectivity index (χ0v) is 12.3. The van der Waals surface area contributed by atoms with Gasteiger partial charge in [0, 0.05) is 5.02 Å². The van der Waals surface area contributed by atoms with E-state index in [-0.39, 0.29) is 10.4 Å². The molecule has 1 saturated carbocycles. The molecule has 0 aliphatic heterocycles. The molecule has 0 heterocycles. The zero-order chi connectivity index (χ0) is 13.8. The van der Waals surface area contributed by atoms with Crippen molar-refractivity contribution in [1.82, 2.24) is 0 Å². The molecule has 2 rings (SSSR count). The third-order valence-corrected chi connectivity index (χ3v) is 4.63. The van der Waals surface area contributed by atoms with Gasteiger partial charge in [0.1, 0.15) is 0 Å². The van der Waals surface area contributed by atoms with Crippen LogP contribution in [0.1, 0.15) is 55.9 Å². The normalized spacial score (nSPS) is 19.2. The minimum Gasteiger partial charge on any atom is -0.204 e. The van der Waals surface area contributed by atoms with E-state index in [2.05, 4.69) is 0 Å². The SMILES string of the molecule is Fc1cc(Cl)c(C(Cl)CC2CCCCCC2)cc1F. The summed E-state index contributed by atoms with van der Waals surface area (Å²) >= 11 is 12.3. The van der Waals surface area contributed by atoms with E-state index in [0.717, 1.165) is 18.6 Å². The summed E-state index contributed by atoms with van der Waals surface area (Å²) in [4.78, 5) is 0. The molecule has 1 atom stereocenters. The molecular formula is C15H18Cl2F2. The first-order valence-electron chi connectivity index (χ1n) is 6.86. The largest absolute Gasteiger partial charge is 0.204 e. The van der Waals surface area contributed by atoms with E-state index in [4.69, 9.17) is 23.2 Å². The highest BCUT2D eigenvalue weighted by molar-refractivity contribution is 6.32. The summed E-state index contributed by atoms with van der Waals surface area (Å²) < 4.78 is 26.3. The van der Waals surface area contributed by atoms with Crippen LogP contribution in [0.15, 0.2) is 12.1 Å². The lowest BCUT2D eigenvalue weighted by Gasteiger charge is -2.19. The van der Waals surface area contributed by atoms with E-state index >= 15 is 0 Å². The molecule has 0 N–H and O–H groups in total. The van der Waals surface area contributed by atoms with Gasteiger partial charge in [-0.05, 0) is 30.0 Å². The molecule has 1 aromatic rings. The first-order valence-corrected chi connectivity index (χ1v) is 7.68. The molecule has 0 amide bonds. The molecule has 0 radical (unpaired) electrons. The molecule has 4 heteroatoms. The Bertz CT molecular complexity index is 426. The molecule has 1 unspecified atom stereocenters. The van der Waals surface area contributed by atoms with Crippen LogP contribution in [0.4, 0.5) is 8.78 Å². The Kier molecular flexibility index (Phi) is 5.47. The number of alkyl halides is 1. The molecule has 106 valence electrons. The molecule has 0 spiro atoms. The van der Waals surface area contributed by atoms with Crippen LogP contribution in [0.5, 0.6) is 0 Å². The molecule has 1 aliphatic carbocycles. The predicted octanol–water partition coefficient (Wildman–Crippen LogP) is 6.26. The Morgan fingerprint density at radius 2 is 1.63 bits per heavy atom. The summed E-state index contributed by atoms with van der Waals surface area (Å²) in [5.41, 5.74) is 0.506. The third-order valence-electron chi connectivity index (χ3n) is 3.89. The Morgan fingerprint density at radius 3 is 2.26 bits per heavy atom. The van der Waals surface area contributed by atoms with Crippen molar-refractivity contribution < 1.29 is 8.78 Å². The topological polar surface area (TPSA) is 0 Å². The van der Waals surface area contributed by atoms with E-state index in [1.165, 1.54) is 38.5 Å². The molecular weight excluding hydrogens is 289 g/mol. The Balaban J connectivity index is 2.06. The second kappa shape index (κ2) is 6.90. The first kappa shape index (κ1) is 15.1. The van der Waals surface area contributed by atoms with Crippen LogP contribution in [0.2, 0.25) is 5.02 Å². The maximum absolute atomic E-state index is 13.3. The van der Waals surface area contributed by atoms with Crippen molar-refractivity contribution in [1.29, 1.82) is 0 Å². The van der Waals surface area contributed by atoms with Gasteiger partial charge in [-0.15, -0.1) is 11.6 Å². The van der Waals surface area contributed by atoms with Crippen molar-refractivity contribution in [2.75, 3.05) is 0 Å². The lowest BCUT2D eigenvalue weighted by atomic mass is 9.92. The highest BCUT2D eigenvalue weighted by Gasteiger charge is 2.21. The van der Waals surface area contributed by atoms with Gasteiger partial charge in [-0.1, -0.05) is 50.1 Å². The molecule has 0 bridgehead atoms. The second-order valence-corrected chi connectivity index (χ2v) is 6.28. The molecule has 1 fully saturated rings. The monoisotopic (exact) mass is 306 g/mol. The van der Waals surface area contributed by atoms with Gasteiger partial charge in [0.05, 0.1) is 5.38 Å². The average Bonchev–Trinajstić information content (AvgIpc) is 2.62. The van der Waals surface area contributed by atoms with Crippen LogP contribution >= 0.6 is 23.2 Å². The predicted molar refractivity (Wildman–Crippen MR) is 75.8 cm³/mol. The maximum atomic E-state index is 13.3. The van der Waals surface area contributed by atoms with Crippen LogP contribution in [-0.2, 0) is 0 Å². The minimum atomic E-state index is -0.924. The van der Waals surface area contributed by atoms with Gasteiger partial charge in [-0.25, -0.2) is 8.78 Å². The average molecular weight is 307 g/mol. The third kappa shape index (κ3) is 4.06. The van der Waals surface area contributed by atoms with Gasteiger partial charge in [-0.3, -0.25) is 0 Å². The number of hydrogen-bond donors (Lipinski definition) is 0. The van der Waals surface area contributed by atoms with Crippen LogP contribution < -0.4 is 0 Å². The Hall–Kier alpha value is -0.340. The number of hydrogen-bond acceptors (Lipinski definition) is 0. The van der Waals surface area contributed by atoms with Crippen molar-refractivity contribution in [2.45, 2.75) is 50.3 Å². The Morgan fingerprint density at radius 1 is 1.05 bits per heavy atom. The van der Waals surface area contributed by atoms with Gasteiger partial charge in [0.2, 0.25) is 0 Å². The molecule has 0 nitrogen and oxygen atoms in total. The molecule has 0 aromatic heterocycles. The quantitative estimate of drug-likeness (QED) is 0.351. The summed E-state index contributed by atoms with van der Waals surface area (Å²) in [6, 6.07) is 2.14. The summed E-state index contributed by atoms with van der Waals surface area (Å²) in [5.74, 6) is -1.24. The van der Waals surface area contributed by atoms with Crippen LogP contribution in [0.3, 0.4) is 0 Å².